The Kier molecular flexibility index (Phi) is 4.74. The second-order valence-electron chi connectivity index (χ2n) is 7.43. The smallest absolute Gasteiger partial charge is 0.316 e. The minimum atomic E-state index is -0.870. The van der Waals surface area contributed by atoms with Gasteiger partial charge in [-0.15, -0.1) is 0 Å². The fourth-order valence-corrected chi connectivity index (χ4v) is 4.07. The number of carbonyl (C=O) groups is 1. The number of carboxylic acids is 1. The normalized spacial score (nSPS) is 14.4. The van der Waals surface area contributed by atoms with E-state index in [0.29, 0.717) is 34.8 Å². The molecule has 0 atom stereocenters. The van der Waals surface area contributed by atoms with Crippen LogP contribution in [0, 0.1) is 11.2 Å². The summed E-state index contributed by atoms with van der Waals surface area (Å²) in [4.78, 5) is 23.9. The molecule has 2 heterocycles. The summed E-state index contributed by atoms with van der Waals surface area (Å²) in [5.74, 6) is -1.29. The number of hydrogen-bond donors (Lipinski definition) is 2. The van der Waals surface area contributed by atoms with Crippen LogP contribution >= 0.6 is 11.3 Å². The van der Waals surface area contributed by atoms with E-state index in [9.17, 15) is 14.3 Å². The summed E-state index contributed by atoms with van der Waals surface area (Å²) >= 11 is 1.50. The second-order valence-corrected chi connectivity index (χ2v) is 8.47. The van der Waals surface area contributed by atoms with Crippen LogP contribution in [-0.2, 0) is 4.79 Å². The highest BCUT2D eigenvalue weighted by Crippen LogP contribution is 2.46. The standard InChI is InChI=1S/C22H17FN4O3S/c23-16-9-14(26-21-27-17-3-1-2-4-18(17)31-21)5-6-15(16)13-10-24-20(25-11-13)30-12-22(7-8-22)19(28)29/h1-6,9-11H,7-8,12H2,(H,26,27)(H,28,29). The van der Waals surface area contributed by atoms with Gasteiger partial charge in [0.15, 0.2) is 5.13 Å². The molecule has 1 fully saturated rings. The number of nitrogens with one attached hydrogen (secondary N) is 1. The highest BCUT2D eigenvalue weighted by atomic mass is 32.1. The Morgan fingerprint density at radius 2 is 1.97 bits per heavy atom. The van der Waals surface area contributed by atoms with E-state index in [4.69, 9.17) is 4.74 Å². The molecule has 1 saturated carbocycles. The molecule has 7 nitrogen and oxygen atoms in total. The molecule has 2 N–H and O–H groups in total. The van der Waals surface area contributed by atoms with Crippen LogP contribution in [0.25, 0.3) is 21.3 Å². The van der Waals surface area contributed by atoms with Crippen molar-refractivity contribution in [2.75, 3.05) is 11.9 Å². The van der Waals surface area contributed by atoms with Gasteiger partial charge in [0, 0.05) is 29.2 Å². The Bertz CT molecular complexity index is 1240. The summed E-state index contributed by atoms with van der Waals surface area (Å²) in [6.45, 7) is 0.0299. The summed E-state index contributed by atoms with van der Waals surface area (Å²) in [6.07, 6.45) is 4.09. The van der Waals surface area contributed by atoms with Gasteiger partial charge >= 0.3 is 12.0 Å². The quantitative estimate of drug-likeness (QED) is 0.426. The van der Waals surface area contributed by atoms with E-state index in [-0.39, 0.29) is 12.6 Å². The maximum absolute atomic E-state index is 14.7. The third-order valence-corrected chi connectivity index (χ3v) is 6.19. The van der Waals surface area contributed by atoms with Gasteiger partial charge in [-0.2, -0.15) is 0 Å². The first-order valence-electron chi connectivity index (χ1n) is 9.63. The van der Waals surface area contributed by atoms with Crippen LogP contribution < -0.4 is 10.1 Å². The van der Waals surface area contributed by atoms with Crippen LogP contribution in [0.1, 0.15) is 12.8 Å². The van der Waals surface area contributed by atoms with E-state index in [0.717, 1.165) is 10.2 Å². The topological polar surface area (TPSA) is 97.2 Å². The molecule has 0 aliphatic heterocycles. The number of hydrogen-bond acceptors (Lipinski definition) is 7. The van der Waals surface area contributed by atoms with E-state index in [1.807, 2.05) is 24.3 Å². The molecule has 156 valence electrons. The molecule has 9 heteroatoms. The number of nitrogens with zero attached hydrogens (tertiary/aromatic N) is 3. The molecule has 0 bridgehead atoms. The zero-order valence-electron chi connectivity index (χ0n) is 16.2. The lowest BCUT2D eigenvalue weighted by molar-refractivity contribution is -0.144. The summed E-state index contributed by atoms with van der Waals surface area (Å²) in [5.41, 5.74) is 1.51. The molecule has 31 heavy (non-hydrogen) atoms. The Morgan fingerprint density at radius 3 is 2.65 bits per heavy atom. The largest absolute Gasteiger partial charge is 0.481 e. The Hall–Kier alpha value is -3.59. The number of fused-ring (bicyclic) bond motifs is 1. The fourth-order valence-electron chi connectivity index (χ4n) is 3.18. The predicted octanol–water partition coefficient (Wildman–Crippen LogP) is 4.88. The van der Waals surface area contributed by atoms with Gasteiger partial charge < -0.3 is 15.2 Å². The zero-order chi connectivity index (χ0) is 21.4. The van der Waals surface area contributed by atoms with Gasteiger partial charge in [-0.3, -0.25) is 4.79 Å². The lowest BCUT2D eigenvalue weighted by Gasteiger charge is -2.11. The highest BCUT2D eigenvalue weighted by molar-refractivity contribution is 7.22. The Labute approximate surface area is 180 Å². The van der Waals surface area contributed by atoms with E-state index in [1.165, 1.54) is 29.8 Å². The minimum absolute atomic E-state index is 0.0299. The molecule has 1 aliphatic carbocycles. The minimum Gasteiger partial charge on any atom is -0.481 e. The number of aromatic nitrogens is 3. The average Bonchev–Trinajstić information content (AvgIpc) is 3.46. The monoisotopic (exact) mass is 436 g/mol. The van der Waals surface area contributed by atoms with Crippen molar-refractivity contribution in [2.24, 2.45) is 5.41 Å². The van der Waals surface area contributed by atoms with Crippen LogP contribution in [-0.4, -0.2) is 32.6 Å². The Balaban J connectivity index is 1.28. The molecular weight excluding hydrogens is 419 g/mol. The van der Waals surface area contributed by atoms with Crippen LogP contribution in [0.5, 0.6) is 6.01 Å². The van der Waals surface area contributed by atoms with E-state index >= 15 is 0 Å². The maximum Gasteiger partial charge on any atom is 0.316 e. The van der Waals surface area contributed by atoms with Gasteiger partial charge in [0.25, 0.3) is 0 Å². The molecule has 0 unspecified atom stereocenters. The molecule has 5 rings (SSSR count). The van der Waals surface area contributed by atoms with Crippen molar-refractivity contribution in [3.05, 3.63) is 60.7 Å². The number of thiazole rings is 1. The number of ether oxygens (including phenoxy) is 1. The van der Waals surface area contributed by atoms with Gasteiger partial charge in [-0.1, -0.05) is 23.5 Å². The van der Waals surface area contributed by atoms with E-state index < -0.39 is 17.2 Å². The second kappa shape index (κ2) is 7.59. The first-order valence-corrected chi connectivity index (χ1v) is 10.4. The van der Waals surface area contributed by atoms with Crippen LogP contribution in [0.3, 0.4) is 0 Å². The third kappa shape index (κ3) is 3.91. The van der Waals surface area contributed by atoms with Crippen LogP contribution in [0.2, 0.25) is 0 Å². The summed E-state index contributed by atoms with van der Waals surface area (Å²) in [7, 11) is 0. The molecule has 0 spiro atoms. The molecule has 4 aromatic rings. The maximum atomic E-state index is 14.7. The fraction of sp³-hybridized carbons (Fsp3) is 0.182. The SMILES string of the molecule is O=C(O)C1(COc2ncc(-c3ccc(Nc4nc5ccccc5s4)cc3F)cn2)CC1. The number of anilines is 2. The lowest BCUT2D eigenvalue weighted by Crippen LogP contribution is -2.23. The molecule has 1 aliphatic rings. The molecular formula is C22H17FN4O3S. The van der Waals surface area contributed by atoms with Crippen molar-refractivity contribution in [1.29, 1.82) is 0 Å². The van der Waals surface area contributed by atoms with Gasteiger partial charge in [0.1, 0.15) is 17.8 Å². The van der Waals surface area contributed by atoms with Gasteiger partial charge in [0.2, 0.25) is 0 Å². The van der Waals surface area contributed by atoms with Crippen LogP contribution in [0.15, 0.2) is 54.9 Å². The first kappa shape index (κ1) is 19.4. The van der Waals surface area contributed by atoms with Crippen molar-refractivity contribution >= 4 is 38.3 Å². The molecule has 2 aromatic carbocycles. The summed E-state index contributed by atoms with van der Waals surface area (Å²) in [5, 5.41) is 13.0. The molecule has 0 amide bonds. The predicted molar refractivity (Wildman–Crippen MR) is 115 cm³/mol. The number of halogens is 1. The van der Waals surface area contributed by atoms with Crippen LogP contribution in [0.4, 0.5) is 15.2 Å². The van der Waals surface area contributed by atoms with Gasteiger partial charge in [-0.05, 0) is 43.2 Å². The third-order valence-electron chi connectivity index (χ3n) is 5.24. The Morgan fingerprint density at radius 1 is 1.19 bits per heavy atom. The highest BCUT2D eigenvalue weighted by Gasteiger charge is 2.51. The number of carboxylic acid groups (broad SMARTS) is 1. The van der Waals surface area contributed by atoms with Crippen molar-refractivity contribution in [2.45, 2.75) is 12.8 Å². The number of para-hydroxylation sites is 1. The molecule has 0 radical (unpaired) electrons. The zero-order valence-corrected chi connectivity index (χ0v) is 17.0. The van der Waals surface area contributed by atoms with Crippen molar-refractivity contribution in [3.63, 3.8) is 0 Å². The lowest BCUT2D eigenvalue weighted by atomic mass is 10.1. The van der Waals surface area contributed by atoms with E-state index in [2.05, 4.69) is 20.3 Å². The van der Waals surface area contributed by atoms with Crippen molar-refractivity contribution in [1.82, 2.24) is 15.0 Å². The van der Waals surface area contributed by atoms with E-state index in [1.54, 1.807) is 12.1 Å². The average molecular weight is 436 g/mol. The van der Waals surface area contributed by atoms with Gasteiger partial charge in [0.05, 0.1) is 10.2 Å². The summed E-state index contributed by atoms with van der Waals surface area (Å²) in [6, 6.07) is 12.7. The molecule has 0 saturated heterocycles. The van der Waals surface area contributed by atoms with Crippen molar-refractivity contribution in [3.8, 4) is 17.1 Å². The summed E-state index contributed by atoms with van der Waals surface area (Å²) < 4.78 is 21.2. The van der Waals surface area contributed by atoms with Crippen molar-refractivity contribution < 1.29 is 19.0 Å². The van der Waals surface area contributed by atoms with Gasteiger partial charge in [-0.25, -0.2) is 19.3 Å². The first-order chi connectivity index (χ1) is 15.0. The number of rotatable bonds is 7. The number of benzene rings is 2. The number of aliphatic carboxylic acids is 1. The molecule has 2 aromatic heterocycles.